The van der Waals surface area contributed by atoms with Crippen LogP contribution in [0, 0.1) is 0 Å². The van der Waals surface area contributed by atoms with Gasteiger partial charge in [-0.25, -0.2) is 4.79 Å². The van der Waals surface area contributed by atoms with Crippen LogP contribution in [-0.4, -0.2) is 29.3 Å². The average Bonchev–Trinajstić information content (AvgIpc) is 2.77. The van der Waals surface area contributed by atoms with Crippen molar-refractivity contribution in [3.8, 4) is 0 Å². The van der Waals surface area contributed by atoms with Crippen molar-refractivity contribution in [3.05, 3.63) is 30.1 Å². The molecule has 1 aromatic rings. The fraction of sp³-hybridized carbons (Fsp3) is 0.400. The molecule has 0 saturated carbocycles. The molecule has 0 amide bonds. The van der Waals surface area contributed by atoms with Crippen molar-refractivity contribution in [2.75, 3.05) is 13.2 Å². The number of nitrogens with zero attached hydrogens (tertiary/aromatic N) is 1. The molecule has 1 aliphatic heterocycles. The molecule has 14 heavy (non-hydrogen) atoms. The van der Waals surface area contributed by atoms with E-state index in [1.807, 2.05) is 0 Å². The van der Waals surface area contributed by atoms with E-state index in [1.54, 1.807) is 0 Å². The Morgan fingerprint density at radius 2 is 1.86 bits per heavy atom. The lowest BCUT2D eigenvalue weighted by Crippen LogP contribution is -1.94. The number of aromatic nitrogens is 1. The second-order valence-corrected chi connectivity index (χ2v) is 2.86. The molecule has 1 fully saturated rings. The van der Waals surface area contributed by atoms with Gasteiger partial charge in [-0.3, -0.25) is 4.98 Å². The molecule has 76 valence electrons. The highest BCUT2D eigenvalue weighted by Crippen LogP contribution is 1.98. The van der Waals surface area contributed by atoms with E-state index < -0.39 is 5.97 Å². The van der Waals surface area contributed by atoms with Crippen LogP contribution in [0.4, 0.5) is 0 Å². The number of aromatic carboxylic acids is 1. The van der Waals surface area contributed by atoms with Crippen LogP contribution in [0.25, 0.3) is 0 Å². The van der Waals surface area contributed by atoms with Gasteiger partial charge in [0.1, 0.15) is 0 Å². The van der Waals surface area contributed by atoms with Crippen LogP contribution in [-0.2, 0) is 4.74 Å². The molecule has 0 atom stereocenters. The largest absolute Gasteiger partial charge is 0.478 e. The predicted octanol–water partition coefficient (Wildman–Crippen LogP) is 1.58. The maximum atomic E-state index is 10.2. The zero-order valence-electron chi connectivity index (χ0n) is 7.85. The summed E-state index contributed by atoms with van der Waals surface area (Å²) in [5.41, 5.74) is 0.269. The Morgan fingerprint density at radius 3 is 2.14 bits per heavy atom. The Balaban J connectivity index is 0.000000165. The molecule has 1 aromatic heterocycles. The summed E-state index contributed by atoms with van der Waals surface area (Å²) < 4.78 is 4.94. The van der Waals surface area contributed by atoms with Gasteiger partial charge in [0.15, 0.2) is 0 Å². The van der Waals surface area contributed by atoms with E-state index >= 15 is 0 Å². The highest BCUT2D eigenvalue weighted by Gasteiger charge is 1.97. The lowest BCUT2D eigenvalue weighted by atomic mass is 10.3. The van der Waals surface area contributed by atoms with E-state index in [9.17, 15) is 4.79 Å². The van der Waals surface area contributed by atoms with E-state index in [2.05, 4.69) is 4.98 Å². The number of carboxylic acids is 1. The van der Waals surface area contributed by atoms with E-state index in [4.69, 9.17) is 9.84 Å². The van der Waals surface area contributed by atoms with Crippen molar-refractivity contribution in [1.82, 2.24) is 4.98 Å². The van der Waals surface area contributed by atoms with Gasteiger partial charge in [0.2, 0.25) is 0 Å². The molecular weight excluding hydrogens is 182 g/mol. The third kappa shape index (κ3) is 4.00. The smallest absolute Gasteiger partial charge is 0.335 e. The molecule has 0 aromatic carbocycles. The SMILES string of the molecule is C1CCOC1.O=C(O)c1ccncc1. The summed E-state index contributed by atoms with van der Waals surface area (Å²) in [5, 5.41) is 8.36. The second kappa shape index (κ2) is 6.10. The monoisotopic (exact) mass is 195 g/mol. The molecule has 0 radical (unpaired) electrons. The summed E-state index contributed by atoms with van der Waals surface area (Å²) in [7, 11) is 0. The number of hydrogen-bond acceptors (Lipinski definition) is 3. The standard InChI is InChI=1S/C6H5NO2.C4H8O/c8-6(9)5-1-3-7-4-2-5;1-2-4-5-3-1/h1-4H,(H,8,9);1-4H2. The van der Waals surface area contributed by atoms with Crippen molar-refractivity contribution >= 4 is 5.97 Å². The topological polar surface area (TPSA) is 59.4 Å². The minimum absolute atomic E-state index is 0.269. The fourth-order valence-corrected chi connectivity index (χ4v) is 1.00. The molecule has 1 N–H and O–H groups in total. The van der Waals surface area contributed by atoms with Crippen LogP contribution in [0.5, 0.6) is 0 Å². The molecule has 2 heterocycles. The Kier molecular flexibility index (Phi) is 4.64. The zero-order chi connectivity index (χ0) is 10.2. The van der Waals surface area contributed by atoms with E-state index in [0.717, 1.165) is 13.2 Å². The van der Waals surface area contributed by atoms with Crippen molar-refractivity contribution in [2.24, 2.45) is 0 Å². The lowest BCUT2D eigenvalue weighted by molar-refractivity contribution is 0.0697. The van der Waals surface area contributed by atoms with Gasteiger partial charge in [-0.15, -0.1) is 0 Å². The number of ether oxygens (including phenoxy) is 1. The van der Waals surface area contributed by atoms with Gasteiger partial charge in [0, 0.05) is 25.6 Å². The van der Waals surface area contributed by atoms with Gasteiger partial charge in [-0.2, -0.15) is 0 Å². The van der Waals surface area contributed by atoms with Crippen LogP contribution in [0.2, 0.25) is 0 Å². The summed E-state index contributed by atoms with van der Waals surface area (Å²) >= 11 is 0. The molecule has 0 aliphatic carbocycles. The van der Waals surface area contributed by atoms with Crippen molar-refractivity contribution < 1.29 is 14.6 Å². The van der Waals surface area contributed by atoms with Gasteiger partial charge in [-0.05, 0) is 25.0 Å². The van der Waals surface area contributed by atoms with Gasteiger partial charge >= 0.3 is 5.97 Å². The highest BCUT2D eigenvalue weighted by molar-refractivity contribution is 5.87. The van der Waals surface area contributed by atoms with Crippen LogP contribution in [0.3, 0.4) is 0 Å². The quantitative estimate of drug-likeness (QED) is 0.739. The number of carboxylic acid groups (broad SMARTS) is 1. The first-order valence-electron chi connectivity index (χ1n) is 4.52. The van der Waals surface area contributed by atoms with Crippen LogP contribution >= 0.6 is 0 Å². The molecule has 4 nitrogen and oxygen atoms in total. The number of carbonyl (C=O) groups is 1. The Morgan fingerprint density at radius 1 is 1.29 bits per heavy atom. The van der Waals surface area contributed by atoms with Gasteiger partial charge < -0.3 is 9.84 Å². The van der Waals surface area contributed by atoms with Crippen LogP contribution in [0.1, 0.15) is 23.2 Å². The lowest BCUT2D eigenvalue weighted by Gasteiger charge is -1.87. The van der Waals surface area contributed by atoms with Crippen molar-refractivity contribution in [1.29, 1.82) is 0 Å². The first-order chi connectivity index (χ1) is 6.80. The minimum Gasteiger partial charge on any atom is -0.478 e. The van der Waals surface area contributed by atoms with Gasteiger partial charge in [0.25, 0.3) is 0 Å². The molecule has 4 heteroatoms. The maximum absolute atomic E-state index is 10.2. The van der Waals surface area contributed by atoms with E-state index in [-0.39, 0.29) is 5.56 Å². The molecule has 0 spiro atoms. The zero-order valence-corrected chi connectivity index (χ0v) is 7.85. The highest BCUT2D eigenvalue weighted by atomic mass is 16.5. The Labute approximate surface area is 82.5 Å². The minimum atomic E-state index is -0.919. The second-order valence-electron chi connectivity index (χ2n) is 2.86. The first-order valence-corrected chi connectivity index (χ1v) is 4.52. The summed E-state index contributed by atoms with van der Waals surface area (Å²) in [6.45, 7) is 2.00. The third-order valence-electron chi connectivity index (χ3n) is 1.75. The fourth-order valence-electron chi connectivity index (χ4n) is 1.00. The first kappa shape index (κ1) is 10.7. The summed E-state index contributed by atoms with van der Waals surface area (Å²) in [4.78, 5) is 13.8. The van der Waals surface area contributed by atoms with Crippen molar-refractivity contribution in [2.45, 2.75) is 12.8 Å². The normalized spacial score (nSPS) is 14.3. The Hall–Kier alpha value is -1.42. The number of hydrogen-bond donors (Lipinski definition) is 1. The molecule has 1 aliphatic rings. The number of rotatable bonds is 1. The summed E-state index contributed by atoms with van der Waals surface area (Å²) in [5.74, 6) is -0.919. The number of pyridine rings is 1. The van der Waals surface area contributed by atoms with Crippen LogP contribution < -0.4 is 0 Å². The van der Waals surface area contributed by atoms with Gasteiger partial charge in [0.05, 0.1) is 5.56 Å². The molecular formula is C10H13NO3. The average molecular weight is 195 g/mol. The van der Waals surface area contributed by atoms with E-state index in [0.29, 0.717) is 0 Å². The van der Waals surface area contributed by atoms with Gasteiger partial charge in [-0.1, -0.05) is 0 Å². The summed E-state index contributed by atoms with van der Waals surface area (Å²) in [6, 6.07) is 2.89. The van der Waals surface area contributed by atoms with Crippen molar-refractivity contribution in [3.63, 3.8) is 0 Å². The molecule has 2 rings (SSSR count). The van der Waals surface area contributed by atoms with E-state index in [1.165, 1.54) is 37.4 Å². The Bertz CT molecular complexity index is 262. The third-order valence-corrected chi connectivity index (χ3v) is 1.75. The maximum Gasteiger partial charge on any atom is 0.335 e. The molecule has 1 saturated heterocycles. The van der Waals surface area contributed by atoms with Crippen LogP contribution in [0.15, 0.2) is 24.5 Å². The molecule has 0 unspecified atom stereocenters. The predicted molar refractivity (Wildman–Crippen MR) is 51.2 cm³/mol. The summed E-state index contributed by atoms with van der Waals surface area (Å²) in [6.07, 6.45) is 5.45. The molecule has 0 bridgehead atoms.